The highest BCUT2D eigenvalue weighted by molar-refractivity contribution is 7.91. The van der Waals surface area contributed by atoms with E-state index >= 15 is 0 Å². The van der Waals surface area contributed by atoms with Crippen LogP contribution in [-0.4, -0.2) is 32.2 Å². The summed E-state index contributed by atoms with van der Waals surface area (Å²) < 4.78 is 53.9. The molecule has 2 aromatic carbocycles. The summed E-state index contributed by atoms with van der Waals surface area (Å²) in [4.78, 5) is 16.0. The average molecular weight is 398 g/mol. The van der Waals surface area contributed by atoms with Gasteiger partial charge in [-0.25, -0.2) is 13.4 Å². The van der Waals surface area contributed by atoms with Crippen LogP contribution in [0.25, 0.3) is 10.2 Å². The Morgan fingerprint density at radius 3 is 2.50 bits per heavy atom. The second kappa shape index (κ2) is 6.96. The van der Waals surface area contributed by atoms with Crippen LogP contribution in [0.15, 0.2) is 47.4 Å². The molecule has 0 radical (unpaired) electrons. The van der Waals surface area contributed by atoms with E-state index < -0.39 is 26.4 Å². The Kier molecular flexibility index (Phi) is 4.88. The number of anilines is 1. The zero-order valence-electron chi connectivity index (χ0n) is 13.3. The van der Waals surface area contributed by atoms with E-state index in [-0.39, 0.29) is 5.56 Å². The smallest absolute Gasteiger partial charge is 0.341 e. The van der Waals surface area contributed by atoms with Gasteiger partial charge in [-0.05, 0) is 36.4 Å². The molecule has 0 fully saturated rings. The number of thiazole rings is 1. The fourth-order valence-electron chi connectivity index (χ4n) is 2.21. The lowest BCUT2D eigenvalue weighted by atomic mass is 10.2. The minimum absolute atomic E-state index is 0.115. The number of nitrogens with zero attached hydrogens (tertiary/aromatic N) is 1. The molecule has 3 rings (SSSR count). The summed E-state index contributed by atoms with van der Waals surface area (Å²) in [5.74, 6) is -3.48. The number of methoxy groups -OCH3 is 1. The molecule has 6 nitrogen and oxygen atoms in total. The lowest BCUT2D eigenvalue weighted by Crippen LogP contribution is -2.14. The molecule has 0 bridgehead atoms. The third-order valence-corrected chi connectivity index (χ3v) is 5.84. The predicted octanol–water partition coefficient (Wildman–Crippen LogP) is 3.55. The zero-order valence-corrected chi connectivity index (χ0v) is 14.9. The first-order valence-corrected chi connectivity index (χ1v) is 9.56. The fraction of sp³-hybridized carbons (Fsp3) is 0.125. The van der Waals surface area contributed by atoms with Crippen LogP contribution in [0.3, 0.4) is 0 Å². The van der Waals surface area contributed by atoms with Gasteiger partial charge in [0.25, 0.3) is 5.91 Å². The van der Waals surface area contributed by atoms with E-state index in [0.717, 1.165) is 16.8 Å². The number of halogens is 2. The summed E-state index contributed by atoms with van der Waals surface area (Å²) in [6, 6.07) is 9.64. The van der Waals surface area contributed by atoms with E-state index in [9.17, 15) is 22.0 Å². The van der Waals surface area contributed by atoms with E-state index in [2.05, 4.69) is 10.3 Å². The van der Waals surface area contributed by atoms with E-state index in [1.165, 1.54) is 30.6 Å². The van der Waals surface area contributed by atoms with Gasteiger partial charge in [0.05, 0.1) is 16.7 Å². The van der Waals surface area contributed by atoms with Crippen LogP contribution in [-0.2, 0) is 9.84 Å². The zero-order chi connectivity index (χ0) is 18.9. The van der Waals surface area contributed by atoms with Gasteiger partial charge in [0.2, 0.25) is 9.84 Å². The van der Waals surface area contributed by atoms with E-state index in [0.29, 0.717) is 16.4 Å². The molecule has 0 atom stereocenters. The summed E-state index contributed by atoms with van der Waals surface area (Å²) in [7, 11) is -3.18. The highest BCUT2D eigenvalue weighted by atomic mass is 32.2. The predicted molar refractivity (Wildman–Crippen MR) is 93.8 cm³/mol. The van der Waals surface area contributed by atoms with Gasteiger partial charge in [-0.2, -0.15) is 8.78 Å². The standard InChI is InChI=1S/C16H12F2N2O4S2/c1-24-11-3-2-4-12-13(11)19-16(25-12)20-14(21)9-5-7-10(8-6-9)26(22,23)15(17)18/h2-8,15H,1H3,(H,19,20,21). The van der Waals surface area contributed by atoms with Gasteiger partial charge in [0.1, 0.15) is 11.3 Å². The van der Waals surface area contributed by atoms with Gasteiger partial charge in [-0.3, -0.25) is 10.1 Å². The molecule has 0 aliphatic rings. The molecule has 0 spiro atoms. The number of hydrogen-bond donors (Lipinski definition) is 1. The number of para-hydroxylation sites is 1. The lowest BCUT2D eigenvalue weighted by Gasteiger charge is -2.05. The maximum absolute atomic E-state index is 12.5. The lowest BCUT2D eigenvalue weighted by molar-refractivity contribution is 0.102. The number of rotatable bonds is 5. The van der Waals surface area contributed by atoms with Crippen LogP contribution in [0.4, 0.5) is 13.9 Å². The van der Waals surface area contributed by atoms with Crippen molar-refractivity contribution in [1.29, 1.82) is 0 Å². The van der Waals surface area contributed by atoms with Crippen molar-refractivity contribution in [2.24, 2.45) is 0 Å². The molecule has 0 unspecified atom stereocenters. The van der Waals surface area contributed by atoms with Crippen molar-refractivity contribution >= 4 is 42.4 Å². The van der Waals surface area contributed by atoms with Gasteiger partial charge >= 0.3 is 5.76 Å². The summed E-state index contributed by atoms with van der Waals surface area (Å²) in [6.07, 6.45) is 0. The van der Waals surface area contributed by atoms with Crippen LogP contribution in [0, 0.1) is 0 Å². The molecule has 1 amide bonds. The molecule has 0 saturated carbocycles. The van der Waals surface area contributed by atoms with Crippen molar-refractivity contribution in [2.75, 3.05) is 12.4 Å². The Bertz CT molecular complexity index is 1060. The summed E-state index contributed by atoms with van der Waals surface area (Å²) in [6.45, 7) is 0. The molecule has 136 valence electrons. The molecule has 1 N–H and O–H groups in total. The molecular formula is C16H12F2N2O4S2. The van der Waals surface area contributed by atoms with Crippen molar-refractivity contribution in [3.8, 4) is 5.75 Å². The van der Waals surface area contributed by atoms with Crippen LogP contribution in [0.1, 0.15) is 10.4 Å². The Balaban J connectivity index is 1.82. The van der Waals surface area contributed by atoms with Crippen molar-refractivity contribution in [2.45, 2.75) is 10.7 Å². The highest BCUT2D eigenvalue weighted by Crippen LogP contribution is 2.32. The molecule has 1 heterocycles. The highest BCUT2D eigenvalue weighted by Gasteiger charge is 2.26. The number of ether oxygens (including phenoxy) is 1. The number of aromatic nitrogens is 1. The molecule has 0 aliphatic heterocycles. The van der Waals surface area contributed by atoms with Crippen LogP contribution < -0.4 is 10.1 Å². The van der Waals surface area contributed by atoms with Crippen LogP contribution >= 0.6 is 11.3 Å². The Labute approximate surface area is 151 Å². The normalized spacial score (nSPS) is 11.7. The number of fused-ring (bicyclic) bond motifs is 1. The molecule has 26 heavy (non-hydrogen) atoms. The molecule has 3 aromatic rings. The largest absolute Gasteiger partial charge is 0.494 e. The minimum Gasteiger partial charge on any atom is -0.494 e. The van der Waals surface area contributed by atoms with Crippen molar-refractivity contribution in [3.05, 3.63) is 48.0 Å². The Hall–Kier alpha value is -2.59. The number of nitrogens with one attached hydrogen (secondary N) is 1. The number of carbonyl (C=O) groups excluding carboxylic acids is 1. The first-order chi connectivity index (χ1) is 12.3. The maximum Gasteiger partial charge on any atom is 0.341 e. The van der Waals surface area contributed by atoms with E-state index in [4.69, 9.17) is 4.74 Å². The van der Waals surface area contributed by atoms with Gasteiger partial charge in [-0.15, -0.1) is 0 Å². The third-order valence-electron chi connectivity index (χ3n) is 3.50. The summed E-state index contributed by atoms with van der Waals surface area (Å²) in [5, 5.41) is 2.93. The topological polar surface area (TPSA) is 85.4 Å². The van der Waals surface area contributed by atoms with Gasteiger partial charge in [0.15, 0.2) is 5.13 Å². The maximum atomic E-state index is 12.5. The van der Waals surface area contributed by atoms with Gasteiger partial charge in [-0.1, -0.05) is 17.4 Å². The van der Waals surface area contributed by atoms with Crippen molar-refractivity contribution in [3.63, 3.8) is 0 Å². The van der Waals surface area contributed by atoms with E-state index in [1.54, 1.807) is 12.1 Å². The molecule has 1 aromatic heterocycles. The van der Waals surface area contributed by atoms with Crippen LogP contribution in [0.5, 0.6) is 5.75 Å². The first-order valence-electron chi connectivity index (χ1n) is 7.20. The molecular weight excluding hydrogens is 386 g/mol. The number of benzene rings is 2. The molecule has 0 saturated heterocycles. The number of hydrogen-bond acceptors (Lipinski definition) is 6. The number of carbonyl (C=O) groups is 1. The van der Waals surface area contributed by atoms with E-state index in [1.807, 2.05) is 6.07 Å². The quantitative estimate of drug-likeness (QED) is 0.710. The van der Waals surface area contributed by atoms with Crippen molar-refractivity contribution < 1.29 is 26.7 Å². The monoisotopic (exact) mass is 398 g/mol. The second-order valence-electron chi connectivity index (χ2n) is 5.11. The van der Waals surface area contributed by atoms with Crippen LogP contribution in [0.2, 0.25) is 0 Å². The number of alkyl halides is 2. The van der Waals surface area contributed by atoms with Gasteiger partial charge < -0.3 is 4.74 Å². The second-order valence-corrected chi connectivity index (χ2v) is 8.06. The number of amides is 1. The number of sulfone groups is 1. The minimum atomic E-state index is -4.69. The fourth-order valence-corrected chi connectivity index (χ4v) is 3.81. The first kappa shape index (κ1) is 18.2. The summed E-state index contributed by atoms with van der Waals surface area (Å²) >= 11 is 1.24. The SMILES string of the molecule is COc1cccc2sc(NC(=O)c3ccc(S(=O)(=O)C(F)F)cc3)nc12. The summed E-state index contributed by atoms with van der Waals surface area (Å²) in [5.41, 5.74) is 0.720. The Morgan fingerprint density at radius 1 is 1.19 bits per heavy atom. The molecule has 10 heteroatoms. The molecule has 0 aliphatic carbocycles. The van der Waals surface area contributed by atoms with Crippen molar-refractivity contribution in [1.82, 2.24) is 4.98 Å². The third kappa shape index (κ3) is 3.37. The average Bonchev–Trinajstić information content (AvgIpc) is 3.03. The Morgan fingerprint density at radius 2 is 1.88 bits per heavy atom. The van der Waals surface area contributed by atoms with Gasteiger partial charge in [0, 0.05) is 5.56 Å².